The number of rotatable bonds is 5. The fraction of sp³-hybridized carbons (Fsp3) is 0.100. The van der Waals surface area contributed by atoms with Crippen molar-refractivity contribution in [1.29, 1.82) is 0 Å². The number of para-hydroxylation sites is 1. The smallest absolute Gasteiger partial charge is 0.416 e. The summed E-state index contributed by atoms with van der Waals surface area (Å²) in [4.78, 5) is 0. The molecule has 2 nitrogen and oxygen atoms in total. The standard InChI is InChI=1S/C20H16F3NO/c21-20(22,23)16-7-5-11-19(13-16)25-18-10-4-6-15(12-18)14-24-17-8-2-1-3-9-17/h1-13,24H,14H2. The number of halogens is 3. The molecule has 0 atom stereocenters. The summed E-state index contributed by atoms with van der Waals surface area (Å²) in [6, 6.07) is 21.8. The first-order valence-corrected chi connectivity index (χ1v) is 7.74. The molecule has 0 unspecified atom stereocenters. The van der Waals surface area contributed by atoms with Crippen LogP contribution >= 0.6 is 0 Å². The number of benzene rings is 3. The van der Waals surface area contributed by atoms with E-state index in [4.69, 9.17) is 4.74 Å². The first-order chi connectivity index (χ1) is 12.0. The van der Waals surface area contributed by atoms with E-state index in [1.807, 2.05) is 42.5 Å². The summed E-state index contributed by atoms with van der Waals surface area (Å²) in [6.45, 7) is 0.587. The van der Waals surface area contributed by atoms with Gasteiger partial charge in [0.15, 0.2) is 0 Å². The third kappa shape index (κ3) is 4.76. The van der Waals surface area contributed by atoms with E-state index in [-0.39, 0.29) is 5.75 Å². The van der Waals surface area contributed by atoms with Gasteiger partial charge in [-0.3, -0.25) is 0 Å². The molecule has 0 saturated carbocycles. The van der Waals surface area contributed by atoms with Crippen molar-refractivity contribution in [3.63, 3.8) is 0 Å². The van der Waals surface area contributed by atoms with E-state index in [2.05, 4.69) is 5.32 Å². The molecule has 0 heterocycles. The second-order valence-electron chi connectivity index (χ2n) is 5.49. The van der Waals surface area contributed by atoms with Gasteiger partial charge in [-0.05, 0) is 48.0 Å². The van der Waals surface area contributed by atoms with Crippen LogP contribution in [0.2, 0.25) is 0 Å². The Morgan fingerprint density at radius 1 is 0.760 bits per heavy atom. The van der Waals surface area contributed by atoms with Gasteiger partial charge in [0.2, 0.25) is 0 Å². The number of hydrogen-bond donors (Lipinski definition) is 1. The van der Waals surface area contributed by atoms with Crippen molar-refractivity contribution in [2.24, 2.45) is 0 Å². The first kappa shape index (κ1) is 16.9. The van der Waals surface area contributed by atoms with Crippen LogP contribution in [0.15, 0.2) is 78.9 Å². The number of hydrogen-bond acceptors (Lipinski definition) is 2. The molecule has 0 radical (unpaired) electrons. The highest BCUT2D eigenvalue weighted by atomic mass is 19.4. The maximum atomic E-state index is 12.8. The van der Waals surface area contributed by atoms with Crippen LogP contribution in [0.5, 0.6) is 11.5 Å². The summed E-state index contributed by atoms with van der Waals surface area (Å²) in [5, 5.41) is 3.28. The third-order valence-electron chi connectivity index (χ3n) is 3.57. The van der Waals surface area contributed by atoms with Gasteiger partial charge >= 0.3 is 6.18 Å². The second kappa shape index (κ2) is 7.30. The molecular weight excluding hydrogens is 327 g/mol. The molecule has 3 aromatic carbocycles. The van der Waals surface area contributed by atoms with Crippen LogP contribution in [-0.2, 0) is 12.7 Å². The third-order valence-corrected chi connectivity index (χ3v) is 3.57. The second-order valence-corrected chi connectivity index (χ2v) is 5.49. The zero-order valence-electron chi connectivity index (χ0n) is 13.3. The molecule has 0 aliphatic rings. The van der Waals surface area contributed by atoms with Crippen LogP contribution in [0, 0.1) is 0 Å². The number of anilines is 1. The molecule has 0 aliphatic carbocycles. The lowest BCUT2D eigenvalue weighted by Crippen LogP contribution is -2.04. The molecule has 3 rings (SSSR count). The minimum atomic E-state index is -4.39. The predicted octanol–water partition coefficient (Wildman–Crippen LogP) is 6.11. The van der Waals surface area contributed by atoms with Crippen LogP contribution < -0.4 is 10.1 Å². The zero-order chi connectivity index (χ0) is 17.7. The van der Waals surface area contributed by atoms with Crippen molar-refractivity contribution in [3.8, 4) is 11.5 Å². The van der Waals surface area contributed by atoms with Crippen molar-refractivity contribution in [3.05, 3.63) is 90.0 Å². The lowest BCUT2D eigenvalue weighted by molar-refractivity contribution is -0.137. The van der Waals surface area contributed by atoms with Gasteiger partial charge in [0, 0.05) is 12.2 Å². The van der Waals surface area contributed by atoms with E-state index >= 15 is 0 Å². The molecule has 128 valence electrons. The molecule has 0 aromatic heterocycles. The molecule has 5 heteroatoms. The Bertz CT molecular complexity index is 832. The molecule has 3 aromatic rings. The van der Waals surface area contributed by atoms with E-state index < -0.39 is 11.7 Å². The van der Waals surface area contributed by atoms with Crippen LogP contribution in [0.1, 0.15) is 11.1 Å². The minimum absolute atomic E-state index is 0.156. The summed E-state index contributed by atoms with van der Waals surface area (Å²) in [5.41, 5.74) is 1.23. The monoisotopic (exact) mass is 343 g/mol. The van der Waals surface area contributed by atoms with Crippen molar-refractivity contribution in [2.45, 2.75) is 12.7 Å². The van der Waals surface area contributed by atoms with Crippen LogP contribution in [0.25, 0.3) is 0 Å². The Morgan fingerprint density at radius 3 is 2.16 bits per heavy atom. The van der Waals surface area contributed by atoms with Gasteiger partial charge in [0.1, 0.15) is 11.5 Å². The fourth-order valence-corrected chi connectivity index (χ4v) is 2.35. The maximum absolute atomic E-state index is 12.8. The van der Waals surface area contributed by atoms with E-state index in [0.717, 1.165) is 23.4 Å². The Morgan fingerprint density at radius 2 is 1.44 bits per heavy atom. The quantitative estimate of drug-likeness (QED) is 0.603. The molecule has 0 amide bonds. The molecule has 0 bridgehead atoms. The molecular formula is C20H16F3NO. The van der Waals surface area contributed by atoms with Crippen LogP contribution in [-0.4, -0.2) is 0 Å². The summed E-state index contributed by atoms with van der Waals surface area (Å²) >= 11 is 0. The molecule has 25 heavy (non-hydrogen) atoms. The summed E-state index contributed by atoms with van der Waals surface area (Å²) in [6.07, 6.45) is -4.39. The van der Waals surface area contributed by atoms with Gasteiger partial charge in [-0.1, -0.05) is 36.4 Å². The lowest BCUT2D eigenvalue weighted by atomic mass is 10.2. The Kier molecular flexibility index (Phi) is 4.93. The molecule has 0 spiro atoms. The van der Waals surface area contributed by atoms with Gasteiger partial charge in [0.05, 0.1) is 5.56 Å². The molecule has 0 fully saturated rings. The number of nitrogens with one attached hydrogen (secondary N) is 1. The Labute approximate surface area is 143 Å². The van der Waals surface area contributed by atoms with E-state index in [9.17, 15) is 13.2 Å². The Hall–Kier alpha value is -2.95. The average molecular weight is 343 g/mol. The fourth-order valence-electron chi connectivity index (χ4n) is 2.35. The van der Waals surface area contributed by atoms with Crippen LogP contribution in [0.4, 0.5) is 18.9 Å². The molecule has 0 aliphatic heterocycles. The van der Waals surface area contributed by atoms with Crippen molar-refractivity contribution in [1.82, 2.24) is 0 Å². The first-order valence-electron chi connectivity index (χ1n) is 7.74. The highest BCUT2D eigenvalue weighted by molar-refractivity contribution is 5.44. The van der Waals surface area contributed by atoms with Gasteiger partial charge < -0.3 is 10.1 Å². The highest BCUT2D eigenvalue weighted by Gasteiger charge is 2.30. The largest absolute Gasteiger partial charge is 0.457 e. The highest BCUT2D eigenvalue weighted by Crippen LogP contribution is 2.32. The van der Waals surface area contributed by atoms with Crippen LogP contribution in [0.3, 0.4) is 0 Å². The number of ether oxygens (including phenoxy) is 1. The van der Waals surface area contributed by atoms with E-state index in [1.54, 1.807) is 12.1 Å². The summed E-state index contributed by atoms with van der Waals surface area (Å²) < 4.78 is 43.9. The zero-order valence-corrected chi connectivity index (χ0v) is 13.3. The topological polar surface area (TPSA) is 21.3 Å². The maximum Gasteiger partial charge on any atom is 0.416 e. The number of alkyl halides is 3. The average Bonchev–Trinajstić information content (AvgIpc) is 2.61. The summed E-state index contributed by atoms with van der Waals surface area (Å²) in [5.74, 6) is 0.648. The SMILES string of the molecule is FC(F)(F)c1cccc(Oc2cccc(CNc3ccccc3)c2)c1. The summed E-state index contributed by atoms with van der Waals surface area (Å²) in [7, 11) is 0. The normalized spacial score (nSPS) is 11.2. The minimum Gasteiger partial charge on any atom is -0.457 e. The van der Waals surface area contributed by atoms with Crippen molar-refractivity contribution < 1.29 is 17.9 Å². The van der Waals surface area contributed by atoms with Gasteiger partial charge in [0.25, 0.3) is 0 Å². The van der Waals surface area contributed by atoms with E-state index in [1.165, 1.54) is 12.1 Å². The molecule has 1 N–H and O–H groups in total. The lowest BCUT2D eigenvalue weighted by Gasteiger charge is -2.11. The van der Waals surface area contributed by atoms with Gasteiger partial charge in [-0.25, -0.2) is 0 Å². The van der Waals surface area contributed by atoms with Gasteiger partial charge in [-0.2, -0.15) is 13.2 Å². The predicted molar refractivity (Wildman–Crippen MR) is 91.7 cm³/mol. The van der Waals surface area contributed by atoms with Gasteiger partial charge in [-0.15, -0.1) is 0 Å². The van der Waals surface area contributed by atoms with Crippen molar-refractivity contribution >= 4 is 5.69 Å². The van der Waals surface area contributed by atoms with E-state index in [0.29, 0.717) is 12.3 Å². The van der Waals surface area contributed by atoms with Crippen molar-refractivity contribution in [2.75, 3.05) is 5.32 Å². The molecule has 0 saturated heterocycles. The Balaban J connectivity index is 1.69.